The lowest BCUT2D eigenvalue weighted by Gasteiger charge is -2.31. The summed E-state index contributed by atoms with van der Waals surface area (Å²) in [5, 5.41) is 12.8. The lowest BCUT2D eigenvalue weighted by atomic mass is 9.91. The van der Waals surface area contributed by atoms with E-state index in [0.717, 1.165) is 19.4 Å². The summed E-state index contributed by atoms with van der Waals surface area (Å²) in [4.78, 5) is 4.98. The number of rotatable bonds is 7. The minimum absolute atomic E-state index is 0.0668. The van der Waals surface area contributed by atoms with Crippen molar-refractivity contribution < 1.29 is 5.11 Å². The summed E-state index contributed by atoms with van der Waals surface area (Å²) in [6.07, 6.45) is 4.49. The van der Waals surface area contributed by atoms with E-state index in [2.05, 4.69) is 29.1 Å². The second-order valence-corrected chi connectivity index (χ2v) is 5.64. The van der Waals surface area contributed by atoms with Crippen molar-refractivity contribution in [3.8, 4) is 0 Å². The largest absolute Gasteiger partial charge is 0.394 e. The number of likely N-dealkylation sites (N-methyl/N-ethyl adjacent to an activating group) is 2. The normalized spacial score (nSPS) is 22.7. The molecule has 1 aliphatic rings. The third kappa shape index (κ3) is 4.84. The first-order chi connectivity index (χ1) is 8.65. The first-order valence-corrected chi connectivity index (χ1v) is 7.36. The zero-order chi connectivity index (χ0) is 13.4. The average Bonchev–Trinajstić information content (AvgIpc) is 2.60. The Kier molecular flexibility index (Phi) is 7.15. The predicted octanol–water partition coefficient (Wildman–Crippen LogP) is 0.765. The van der Waals surface area contributed by atoms with Crippen molar-refractivity contribution in [3.63, 3.8) is 0 Å². The zero-order valence-electron chi connectivity index (χ0n) is 12.4. The summed E-state index contributed by atoms with van der Waals surface area (Å²) in [6.45, 7) is 8.37. The quantitative estimate of drug-likeness (QED) is 0.706. The zero-order valence-corrected chi connectivity index (χ0v) is 12.4. The fourth-order valence-corrected chi connectivity index (χ4v) is 2.71. The molecule has 1 rings (SSSR count). The van der Waals surface area contributed by atoms with Gasteiger partial charge in [-0.1, -0.05) is 6.92 Å². The maximum atomic E-state index is 9.51. The standard InChI is InChI=1S/C14H31N3O/c1-4-14(13-18,15-2)7-5-9-17-10-6-8-16(3)11-12-17/h15,18H,4-13H2,1-3H3. The number of aliphatic hydroxyl groups is 1. The Balaban J connectivity index is 2.27. The Bertz CT molecular complexity index is 211. The van der Waals surface area contributed by atoms with E-state index in [4.69, 9.17) is 0 Å². The molecule has 0 aromatic carbocycles. The van der Waals surface area contributed by atoms with Crippen LogP contribution in [-0.4, -0.2) is 73.9 Å². The molecule has 1 fully saturated rings. The summed E-state index contributed by atoms with van der Waals surface area (Å²) in [7, 11) is 4.17. The van der Waals surface area contributed by atoms with Crippen molar-refractivity contribution in [1.82, 2.24) is 15.1 Å². The number of aliphatic hydroxyl groups excluding tert-OH is 1. The Labute approximate surface area is 112 Å². The maximum Gasteiger partial charge on any atom is 0.0613 e. The monoisotopic (exact) mass is 257 g/mol. The molecule has 1 unspecified atom stereocenters. The van der Waals surface area contributed by atoms with Gasteiger partial charge in [-0.05, 0) is 59.4 Å². The summed E-state index contributed by atoms with van der Waals surface area (Å²) in [5.41, 5.74) is -0.0668. The van der Waals surface area contributed by atoms with Gasteiger partial charge in [-0.2, -0.15) is 0 Å². The molecule has 1 saturated heterocycles. The van der Waals surface area contributed by atoms with Crippen LogP contribution in [0.1, 0.15) is 32.6 Å². The minimum atomic E-state index is -0.0668. The van der Waals surface area contributed by atoms with Crippen LogP contribution in [0.25, 0.3) is 0 Å². The van der Waals surface area contributed by atoms with Crippen molar-refractivity contribution >= 4 is 0 Å². The van der Waals surface area contributed by atoms with Crippen molar-refractivity contribution in [3.05, 3.63) is 0 Å². The highest BCUT2D eigenvalue weighted by Gasteiger charge is 2.24. The van der Waals surface area contributed by atoms with Gasteiger partial charge in [-0.3, -0.25) is 0 Å². The van der Waals surface area contributed by atoms with Gasteiger partial charge in [0.15, 0.2) is 0 Å². The van der Waals surface area contributed by atoms with E-state index in [-0.39, 0.29) is 12.1 Å². The molecule has 0 amide bonds. The summed E-state index contributed by atoms with van der Waals surface area (Å²) >= 11 is 0. The van der Waals surface area contributed by atoms with E-state index in [1.807, 2.05) is 7.05 Å². The van der Waals surface area contributed by atoms with Crippen molar-refractivity contribution in [1.29, 1.82) is 0 Å². The van der Waals surface area contributed by atoms with Gasteiger partial charge in [0.1, 0.15) is 0 Å². The number of nitrogens with one attached hydrogen (secondary N) is 1. The second kappa shape index (κ2) is 8.10. The maximum absolute atomic E-state index is 9.51. The first-order valence-electron chi connectivity index (χ1n) is 7.36. The van der Waals surface area contributed by atoms with Crippen LogP contribution < -0.4 is 5.32 Å². The number of hydrogen-bond acceptors (Lipinski definition) is 4. The highest BCUT2D eigenvalue weighted by Crippen LogP contribution is 2.17. The average molecular weight is 257 g/mol. The van der Waals surface area contributed by atoms with E-state index in [1.165, 1.54) is 39.0 Å². The highest BCUT2D eigenvalue weighted by atomic mass is 16.3. The molecule has 1 heterocycles. The number of nitrogens with zero attached hydrogens (tertiary/aromatic N) is 2. The van der Waals surface area contributed by atoms with E-state index in [0.29, 0.717) is 0 Å². The smallest absolute Gasteiger partial charge is 0.0613 e. The van der Waals surface area contributed by atoms with Crippen LogP contribution in [0.5, 0.6) is 0 Å². The lowest BCUT2D eigenvalue weighted by molar-refractivity contribution is 0.146. The minimum Gasteiger partial charge on any atom is -0.394 e. The number of hydrogen-bond donors (Lipinski definition) is 2. The first kappa shape index (κ1) is 15.9. The van der Waals surface area contributed by atoms with E-state index >= 15 is 0 Å². The molecular formula is C14H31N3O. The predicted molar refractivity (Wildman–Crippen MR) is 77.0 cm³/mol. The molecule has 2 N–H and O–H groups in total. The Morgan fingerprint density at radius 3 is 2.61 bits per heavy atom. The van der Waals surface area contributed by atoms with Crippen LogP contribution in [0.3, 0.4) is 0 Å². The van der Waals surface area contributed by atoms with E-state index in [1.54, 1.807) is 0 Å². The van der Waals surface area contributed by atoms with Crippen LogP contribution >= 0.6 is 0 Å². The topological polar surface area (TPSA) is 38.7 Å². The summed E-state index contributed by atoms with van der Waals surface area (Å²) < 4.78 is 0. The molecule has 0 aromatic heterocycles. The van der Waals surface area contributed by atoms with Crippen molar-refractivity contribution in [2.45, 2.75) is 38.1 Å². The molecule has 1 atom stereocenters. The molecule has 1 aliphatic heterocycles. The van der Waals surface area contributed by atoms with E-state index in [9.17, 15) is 5.11 Å². The van der Waals surface area contributed by atoms with Gasteiger partial charge in [-0.15, -0.1) is 0 Å². The van der Waals surface area contributed by atoms with Gasteiger partial charge < -0.3 is 20.2 Å². The van der Waals surface area contributed by atoms with Gasteiger partial charge in [-0.25, -0.2) is 0 Å². The molecule has 18 heavy (non-hydrogen) atoms. The van der Waals surface area contributed by atoms with Crippen LogP contribution in [0.15, 0.2) is 0 Å². The SMILES string of the molecule is CCC(CO)(CCCN1CCCN(C)CC1)NC. The van der Waals surface area contributed by atoms with Crippen molar-refractivity contribution in [2.75, 3.05) is 53.4 Å². The van der Waals surface area contributed by atoms with Crippen LogP contribution in [0.4, 0.5) is 0 Å². The van der Waals surface area contributed by atoms with Crippen molar-refractivity contribution in [2.24, 2.45) is 0 Å². The van der Waals surface area contributed by atoms with Crippen LogP contribution in [0, 0.1) is 0 Å². The Hall–Kier alpha value is -0.160. The highest BCUT2D eigenvalue weighted by molar-refractivity contribution is 4.84. The second-order valence-electron chi connectivity index (χ2n) is 5.64. The lowest BCUT2D eigenvalue weighted by Crippen LogP contribution is -2.46. The van der Waals surface area contributed by atoms with Gasteiger partial charge in [0, 0.05) is 18.6 Å². The van der Waals surface area contributed by atoms with Crippen LogP contribution in [0.2, 0.25) is 0 Å². The molecule has 0 bridgehead atoms. The van der Waals surface area contributed by atoms with Gasteiger partial charge >= 0.3 is 0 Å². The van der Waals surface area contributed by atoms with Gasteiger partial charge in [0.2, 0.25) is 0 Å². The van der Waals surface area contributed by atoms with Gasteiger partial charge in [0.25, 0.3) is 0 Å². The van der Waals surface area contributed by atoms with Gasteiger partial charge in [0.05, 0.1) is 6.61 Å². The third-order valence-corrected chi connectivity index (χ3v) is 4.45. The van der Waals surface area contributed by atoms with E-state index < -0.39 is 0 Å². The third-order valence-electron chi connectivity index (χ3n) is 4.45. The Morgan fingerprint density at radius 2 is 2.00 bits per heavy atom. The fraction of sp³-hybridized carbons (Fsp3) is 1.00. The molecule has 108 valence electrons. The fourth-order valence-electron chi connectivity index (χ4n) is 2.71. The molecule has 0 aromatic rings. The molecular weight excluding hydrogens is 226 g/mol. The Morgan fingerprint density at radius 1 is 1.22 bits per heavy atom. The molecule has 0 aliphatic carbocycles. The summed E-state index contributed by atoms with van der Waals surface area (Å²) in [6, 6.07) is 0. The molecule has 4 nitrogen and oxygen atoms in total. The molecule has 0 saturated carbocycles. The molecule has 0 spiro atoms. The molecule has 4 heteroatoms. The summed E-state index contributed by atoms with van der Waals surface area (Å²) in [5.74, 6) is 0. The van der Waals surface area contributed by atoms with Crippen LogP contribution in [-0.2, 0) is 0 Å². The molecule has 0 radical (unpaired) electrons.